The zero-order valence-electron chi connectivity index (χ0n) is 7.83. The smallest absolute Gasteiger partial charge is 0.0621 e. The Kier molecular flexibility index (Phi) is 4.19. The monoisotopic (exact) mass is 198 g/mol. The molecule has 0 radical (unpaired) electrons. The Morgan fingerprint density at radius 2 is 2.38 bits per heavy atom. The van der Waals surface area contributed by atoms with Gasteiger partial charge in [-0.3, -0.25) is 4.98 Å². The molecule has 0 saturated carbocycles. The van der Waals surface area contributed by atoms with E-state index in [-0.39, 0.29) is 6.04 Å². The van der Waals surface area contributed by atoms with Crippen molar-refractivity contribution in [1.82, 2.24) is 4.98 Å². The van der Waals surface area contributed by atoms with Gasteiger partial charge in [0.1, 0.15) is 0 Å². The highest BCUT2D eigenvalue weighted by molar-refractivity contribution is 6.31. The Balaban J connectivity index is 2.58. The SMILES string of the molecule is CCCC(N)Cc1ccncc1Cl. The van der Waals surface area contributed by atoms with Crippen LogP contribution in [0.15, 0.2) is 18.5 Å². The number of aromatic nitrogens is 1. The number of rotatable bonds is 4. The summed E-state index contributed by atoms with van der Waals surface area (Å²) in [5.74, 6) is 0. The summed E-state index contributed by atoms with van der Waals surface area (Å²) in [6.07, 6.45) is 6.41. The van der Waals surface area contributed by atoms with Gasteiger partial charge in [0.25, 0.3) is 0 Å². The van der Waals surface area contributed by atoms with Crippen LogP contribution in [-0.2, 0) is 6.42 Å². The molecule has 0 aliphatic heterocycles. The maximum Gasteiger partial charge on any atom is 0.0621 e. The predicted octanol–water partition coefficient (Wildman–Crippen LogP) is 2.40. The first-order chi connectivity index (χ1) is 6.24. The maximum absolute atomic E-state index is 5.95. The predicted molar refractivity (Wildman–Crippen MR) is 55.8 cm³/mol. The third kappa shape index (κ3) is 3.33. The van der Waals surface area contributed by atoms with Crippen LogP contribution >= 0.6 is 11.6 Å². The van der Waals surface area contributed by atoms with Crippen molar-refractivity contribution in [3.63, 3.8) is 0 Å². The third-order valence-electron chi connectivity index (χ3n) is 2.00. The normalized spacial score (nSPS) is 12.8. The molecule has 2 N–H and O–H groups in total. The molecule has 1 heterocycles. The molecule has 3 heteroatoms. The summed E-state index contributed by atoms with van der Waals surface area (Å²) in [5.41, 5.74) is 7.00. The van der Waals surface area contributed by atoms with Gasteiger partial charge in [0.05, 0.1) is 5.02 Å². The van der Waals surface area contributed by atoms with Crippen LogP contribution in [0.3, 0.4) is 0 Å². The van der Waals surface area contributed by atoms with Crippen molar-refractivity contribution in [3.05, 3.63) is 29.0 Å². The van der Waals surface area contributed by atoms with E-state index in [0.717, 1.165) is 24.8 Å². The van der Waals surface area contributed by atoms with Crippen molar-refractivity contribution in [3.8, 4) is 0 Å². The minimum Gasteiger partial charge on any atom is -0.327 e. The fraction of sp³-hybridized carbons (Fsp3) is 0.500. The van der Waals surface area contributed by atoms with Gasteiger partial charge < -0.3 is 5.73 Å². The first kappa shape index (κ1) is 10.5. The molecule has 0 fully saturated rings. The van der Waals surface area contributed by atoms with Crippen LogP contribution in [0.25, 0.3) is 0 Å². The Labute approximate surface area is 84.1 Å². The first-order valence-electron chi connectivity index (χ1n) is 4.58. The Bertz CT molecular complexity index is 263. The van der Waals surface area contributed by atoms with Crippen LogP contribution in [0.4, 0.5) is 0 Å². The summed E-state index contributed by atoms with van der Waals surface area (Å²) >= 11 is 5.95. The molecule has 0 aliphatic carbocycles. The van der Waals surface area contributed by atoms with Crippen molar-refractivity contribution >= 4 is 11.6 Å². The van der Waals surface area contributed by atoms with Gasteiger partial charge in [0.2, 0.25) is 0 Å². The third-order valence-corrected chi connectivity index (χ3v) is 2.34. The van der Waals surface area contributed by atoms with E-state index in [1.165, 1.54) is 0 Å². The molecule has 0 bridgehead atoms. The van der Waals surface area contributed by atoms with Crippen molar-refractivity contribution in [2.24, 2.45) is 5.73 Å². The summed E-state index contributed by atoms with van der Waals surface area (Å²) in [6, 6.07) is 2.14. The molecule has 0 amide bonds. The molecular weight excluding hydrogens is 184 g/mol. The Morgan fingerprint density at radius 1 is 1.62 bits per heavy atom. The number of pyridine rings is 1. The number of halogens is 1. The number of nitrogens with zero attached hydrogens (tertiary/aromatic N) is 1. The second-order valence-corrected chi connectivity index (χ2v) is 3.63. The van der Waals surface area contributed by atoms with Crippen LogP contribution in [0, 0.1) is 0 Å². The molecule has 1 rings (SSSR count). The zero-order chi connectivity index (χ0) is 9.68. The van der Waals surface area contributed by atoms with Gasteiger partial charge in [0.15, 0.2) is 0 Å². The number of nitrogens with two attached hydrogens (primary N) is 1. The van der Waals surface area contributed by atoms with E-state index in [1.54, 1.807) is 12.4 Å². The minimum absolute atomic E-state index is 0.213. The molecule has 1 aromatic rings. The highest BCUT2D eigenvalue weighted by atomic mass is 35.5. The second kappa shape index (κ2) is 5.20. The lowest BCUT2D eigenvalue weighted by Gasteiger charge is -2.10. The van der Waals surface area contributed by atoms with Gasteiger partial charge in [-0.2, -0.15) is 0 Å². The molecule has 1 unspecified atom stereocenters. The topological polar surface area (TPSA) is 38.9 Å². The minimum atomic E-state index is 0.213. The van der Waals surface area contributed by atoms with Crippen molar-refractivity contribution in [2.45, 2.75) is 32.2 Å². The van der Waals surface area contributed by atoms with Gasteiger partial charge in [-0.1, -0.05) is 24.9 Å². The van der Waals surface area contributed by atoms with Gasteiger partial charge in [-0.15, -0.1) is 0 Å². The summed E-state index contributed by atoms with van der Waals surface area (Å²) < 4.78 is 0. The van der Waals surface area contributed by atoms with E-state index in [0.29, 0.717) is 5.02 Å². The number of hydrogen-bond donors (Lipinski definition) is 1. The van der Waals surface area contributed by atoms with Gasteiger partial charge >= 0.3 is 0 Å². The lowest BCUT2D eigenvalue weighted by Crippen LogP contribution is -2.22. The van der Waals surface area contributed by atoms with E-state index in [4.69, 9.17) is 17.3 Å². The van der Waals surface area contributed by atoms with Crippen molar-refractivity contribution in [1.29, 1.82) is 0 Å². The van der Waals surface area contributed by atoms with Gasteiger partial charge in [-0.25, -0.2) is 0 Å². The van der Waals surface area contributed by atoms with Gasteiger partial charge in [0, 0.05) is 18.4 Å². The summed E-state index contributed by atoms with van der Waals surface area (Å²) in [5, 5.41) is 0.717. The fourth-order valence-corrected chi connectivity index (χ4v) is 1.52. The van der Waals surface area contributed by atoms with Crippen LogP contribution < -0.4 is 5.73 Å². The molecule has 0 aromatic carbocycles. The van der Waals surface area contributed by atoms with Gasteiger partial charge in [-0.05, 0) is 24.5 Å². The zero-order valence-corrected chi connectivity index (χ0v) is 8.59. The van der Waals surface area contributed by atoms with Crippen molar-refractivity contribution in [2.75, 3.05) is 0 Å². The highest BCUT2D eigenvalue weighted by Gasteiger charge is 2.05. The maximum atomic E-state index is 5.95. The van der Waals surface area contributed by atoms with E-state index in [2.05, 4.69) is 11.9 Å². The first-order valence-corrected chi connectivity index (χ1v) is 4.95. The largest absolute Gasteiger partial charge is 0.327 e. The average Bonchev–Trinajstić information content (AvgIpc) is 2.09. The molecule has 72 valence electrons. The molecular formula is C10H15ClN2. The molecule has 0 spiro atoms. The fourth-order valence-electron chi connectivity index (χ4n) is 1.32. The number of hydrogen-bond acceptors (Lipinski definition) is 2. The van der Waals surface area contributed by atoms with Crippen LogP contribution in [-0.4, -0.2) is 11.0 Å². The highest BCUT2D eigenvalue weighted by Crippen LogP contribution is 2.15. The lowest BCUT2D eigenvalue weighted by molar-refractivity contribution is 0.600. The molecule has 2 nitrogen and oxygen atoms in total. The summed E-state index contributed by atoms with van der Waals surface area (Å²) in [7, 11) is 0. The Morgan fingerprint density at radius 3 is 3.00 bits per heavy atom. The van der Waals surface area contributed by atoms with Crippen LogP contribution in [0.2, 0.25) is 5.02 Å². The van der Waals surface area contributed by atoms with Crippen LogP contribution in [0.5, 0.6) is 0 Å². The quantitative estimate of drug-likeness (QED) is 0.807. The molecule has 13 heavy (non-hydrogen) atoms. The lowest BCUT2D eigenvalue weighted by atomic mass is 10.0. The second-order valence-electron chi connectivity index (χ2n) is 3.22. The Hall–Kier alpha value is -0.600. The summed E-state index contributed by atoms with van der Waals surface area (Å²) in [6.45, 7) is 2.13. The standard InChI is InChI=1S/C10H15ClN2/c1-2-3-9(12)6-8-4-5-13-7-10(8)11/h4-5,7,9H,2-3,6,12H2,1H3. The van der Waals surface area contributed by atoms with Crippen LogP contribution in [0.1, 0.15) is 25.3 Å². The molecule has 0 saturated heterocycles. The van der Waals surface area contributed by atoms with E-state index in [9.17, 15) is 0 Å². The molecule has 0 aliphatic rings. The molecule has 1 atom stereocenters. The van der Waals surface area contributed by atoms with E-state index in [1.807, 2.05) is 6.07 Å². The van der Waals surface area contributed by atoms with E-state index >= 15 is 0 Å². The molecule has 1 aromatic heterocycles. The van der Waals surface area contributed by atoms with Crippen molar-refractivity contribution < 1.29 is 0 Å². The summed E-state index contributed by atoms with van der Waals surface area (Å²) in [4.78, 5) is 3.93. The van der Waals surface area contributed by atoms with E-state index < -0.39 is 0 Å². The average molecular weight is 199 g/mol.